The summed E-state index contributed by atoms with van der Waals surface area (Å²) in [7, 11) is 0. The minimum Gasteiger partial charge on any atom is -0.304 e. The second kappa shape index (κ2) is 17.7. The maximum Gasteiger partial charge on any atom is 0.0198 e. The van der Waals surface area contributed by atoms with Crippen LogP contribution in [0.2, 0.25) is 0 Å². The quantitative estimate of drug-likeness (QED) is 0.135. The summed E-state index contributed by atoms with van der Waals surface area (Å²) in [6.07, 6.45) is 12.7. The number of rotatable bonds is 9. The predicted octanol–water partition coefficient (Wildman–Crippen LogP) is 14.2. The smallest absolute Gasteiger partial charge is 0.0198 e. The van der Waals surface area contributed by atoms with Gasteiger partial charge < -0.3 is 9.97 Å². The number of aromatic nitrogens is 2. The molecule has 1 fully saturated rings. The van der Waals surface area contributed by atoms with E-state index >= 15 is 0 Å². The minimum absolute atomic E-state index is 0. The van der Waals surface area contributed by atoms with E-state index < -0.39 is 0 Å². The molecule has 3 heteroatoms. The van der Waals surface area contributed by atoms with E-state index in [1.807, 2.05) is 12.4 Å². The second-order valence-corrected chi connectivity index (χ2v) is 16.9. The van der Waals surface area contributed by atoms with E-state index in [0.29, 0.717) is 5.92 Å². The Bertz CT molecular complexity index is 2410. The summed E-state index contributed by atoms with van der Waals surface area (Å²) in [5, 5.41) is 0. The molecule has 0 atom stereocenters. The van der Waals surface area contributed by atoms with Gasteiger partial charge in [0.2, 0.25) is 0 Å². The Hall–Kier alpha value is -4.95. The minimum atomic E-state index is 0. The monoisotopic (exact) mass is 921 g/mol. The van der Waals surface area contributed by atoms with Gasteiger partial charge in [0.25, 0.3) is 0 Å². The third-order valence-electron chi connectivity index (χ3n) is 11.7. The van der Waals surface area contributed by atoms with E-state index in [4.69, 9.17) is 9.97 Å². The Morgan fingerprint density at radius 1 is 0.579 bits per heavy atom. The summed E-state index contributed by atoms with van der Waals surface area (Å²) in [5.41, 5.74) is 19.2. The van der Waals surface area contributed by atoms with Crippen LogP contribution in [0.5, 0.6) is 0 Å². The summed E-state index contributed by atoms with van der Waals surface area (Å²) < 4.78 is 0. The standard InChI is InChI=1S/C54H52N2.Ir/c1-37-31-40(16-15-39-17-19-45(20-18-39)52-30-29-48(36-56-52)54(3,4)5)33-47(32-37)50-14-10-9-13-49(50)43-25-27-46(28-26-43)53-34-51(38(2)35-55-53)44-23-21-42(22-24-44)41-11-7-6-8-12-41;/h9-10,13-14,17-19,21-27,29-36,41H,6-8,11-12,15-16H2,1-5H3;/q-2;. The maximum atomic E-state index is 4.84. The number of nitrogens with zero attached hydrogens (tertiary/aromatic N) is 2. The molecule has 2 heterocycles. The molecule has 1 aliphatic rings. The van der Waals surface area contributed by atoms with Gasteiger partial charge in [-0.3, -0.25) is 0 Å². The van der Waals surface area contributed by atoms with Gasteiger partial charge in [-0.2, -0.15) is 0 Å². The van der Waals surface area contributed by atoms with Crippen LogP contribution < -0.4 is 0 Å². The van der Waals surface area contributed by atoms with Crippen molar-refractivity contribution >= 4 is 0 Å². The Morgan fingerprint density at radius 3 is 1.91 bits per heavy atom. The number of benzene rings is 5. The number of hydrogen-bond donors (Lipinski definition) is 0. The Morgan fingerprint density at radius 2 is 1.25 bits per heavy atom. The van der Waals surface area contributed by atoms with Crippen LogP contribution in [0.1, 0.15) is 92.2 Å². The zero-order valence-corrected chi connectivity index (χ0v) is 36.4. The molecule has 0 aliphatic heterocycles. The Kier molecular flexibility index (Phi) is 12.5. The molecule has 1 radical (unpaired) electrons. The predicted molar refractivity (Wildman–Crippen MR) is 235 cm³/mol. The van der Waals surface area contributed by atoms with E-state index in [1.165, 1.54) is 93.3 Å². The number of hydrogen-bond acceptors (Lipinski definition) is 2. The van der Waals surface area contributed by atoms with Crippen LogP contribution >= 0.6 is 0 Å². The molecule has 1 aliphatic carbocycles. The largest absolute Gasteiger partial charge is 0.304 e. The number of aryl methyl sites for hydroxylation is 4. The van der Waals surface area contributed by atoms with Gasteiger partial charge in [-0.05, 0) is 100 Å². The van der Waals surface area contributed by atoms with Crippen LogP contribution in [0.4, 0.5) is 0 Å². The summed E-state index contributed by atoms with van der Waals surface area (Å²) in [4.78, 5) is 9.57. The second-order valence-electron chi connectivity index (χ2n) is 16.9. The van der Waals surface area contributed by atoms with E-state index in [9.17, 15) is 0 Å². The van der Waals surface area contributed by atoms with Gasteiger partial charge in [-0.1, -0.05) is 148 Å². The van der Waals surface area contributed by atoms with Gasteiger partial charge in [-0.25, -0.2) is 0 Å². The average Bonchev–Trinajstić information content (AvgIpc) is 3.23. The summed E-state index contributed by atoms with van der Waals surface area (Å²) in [5.74, 6) is 0.715. The molecule has 0 unspecified atom stereocenters. The molecule has 289 valence electrons. The normalized spacial score (nSPS) is 13.3. The molecule has 2 nitrogen and oxygen atoms in total. The van der Waals surface area contributed by atoms with Gasteiger partial charge in [0.1, 0.15) is 0 Å². The molecule has 0 spiro atoms. The molecule has 57 heavy (non-hydrogen) atoms. The zero-order chi connectivity index (χ0) is 38.6. The topological polar surface area (TPSA) is 25.8 Å². The van der Waals surface area contributed by atoms with E-state index in [-0.39, 0.29) is 25.5 Å². The van der Waals surface area contributed by atoms with E-state index in [1.54, 1.807) is 0 Å². The first-order chi connectivity index (χ1) is 27.2. The first kappa shape index (κ1) is 40.3. The zero-order valence-electron chi connectivity index (χ0n) is 34.0. The Balaban J connectivity index is 0.00000496. The van der Waals surface area contributed by atoms with E-state index in [0.717, 1.165) is 40.9 Å². The third-order valence-corrected chi connectivity index (χ3v) is 11.7. The fraction of sp³-hybridized carbons (Fsp3) is 0.259. The van der Waals surface area contributed by atoms with Crippen LogP contribution in [0.3, 0.4) is 0 Å². The fourth-order valence-electron chi connectivity index (χ4n) is 8.31. The van der Waals surface area contributed by atoms with E-state index in [2.05, 4.69) is 168 Å². The van der Waals surface area contributed by atoms with Gasteiger partial charge in [-0.15, -0.1) is 65.2 Å². The van der Waals surface area contributed by atoms with Crippen molar-refractivity contribution in [1.29, 1.82) is 0 Å². The molecule has 8 rings (SSSR count). The Labute approximate surface area is 354 Å². The van der Waals surface area contributed by atoms with Crippen LogP contribution in [0.15, 0.2) is 134 Å². The van der Waals surface area contributed by atoms with Crippen molar-refractivity contribution in [1.82, 2.24) is 9.97 Å². The first-order valence-electron chi connectivity index (χ1n) is 20.4. The molecule has 0 N–H and O–H groups in total. The van der Waals surface area contributed by atoms with Gasteiger partial charge in [0, 0.05) is 32.5 Å². The van der Waals surface area contributed by atoms with Crippen molar-refractivity contribution in [3.8, 4) is 55.9 Å². The summed E-state index contributed by atoms with van der Waals surface area (Å²) >= 11 is 0. The van der Waals surface area contributed by atoms with Gasteiger partial charge in [0.05, 0.1) is 0 Å². The fourth-order valence-corrected chi connectivity index (χ4v) is 8.31. The SMILES string of the molecule is Cc1cc(CCc2c[c-]c(-c3ccc(C(C)(C)C)cn3)cc2)cc(-c2ccccc2-c2c[c-]c(-c3cc(-c4ccc(C5CCCCC5)cc4)c(C)cn3)cc2)c1.[Ir]. The van der Waals surface area contributed by atoms with Crippen LogP contribution in [0, 0.1) is 26.0 Å². The molecule has 0 bridgehead atoms. The molecule has 0 saturated heterocycles. The molecule has 7 aromatic rings. The van der Waals surface area contributed by atoms with Crippen molar-refractivity contribution < 1.29 is 20.1 Å². The van der Waals surface area contributed by atoms with Crippen molar-refractivity contribution in [2.45, 2.75) is 90.9 Å². The van der Waals surface area contributed by atoms with Crippen molar-refractivity contribution in [3.05, 3.63) is 179 Å². The first-order valence-corrected chi connectivity index (χ1v) is 20.4. The molecule has 2 aromatic heterocycles. The molecule has 1 saturated carbocycles. The van der Waals surface area contributed by atoms with Gasteiger partial charge in [0.15, 0.2) is 0 Å². The summed E-state index contributed by atoms with van der Waals surface area (Å²) in [6.45, 7) is 11.0. The average molecular weight is 921 g/mol. The molecule has 0 amide bonds. The van der Waals surface area contributed by atoms with Crippen molar-refractivity contribution in [3.63, 3.8) is 0 Å². The van der Waals surface area contributed by atoms with Crippen LogP contribution in [0.25, 0.3) is 55.9 Å². The molecular weight excluding hydrogens is 869 g/mol. The van der Waals surface area contributed by atoms with Gasteiger partial charge >= 0.3 is 0 Å². The number of pyridine rings is 2. The van der Waals surface area contributed by atoms with Crippen LogP contribution in [-0.2, 0) is 38.4 Å². The third kappa shape index (κ3) is 9.44. The molecular formula is C54H52IrN2-2. The maximum absolute atomic E-state index is 4.84. The molecule has 5 aromatic carbocycles. The summed E-state index contributed by atoms with van der Waals surface area (Å²) in [6, 6.07) is 51.7. The van der Waals surface area contributed by atoms with Crippen molar-refractivity contribution in [2.75, 3.05) is 0 Å². The van der Waals surface area contributed by atoms with Crippen molar-refractivity contribution in [2.24, 2.45) is 0 Å². The van der Waals surface area contributed by atoms with Crippen LogP contribution in [-0.4, -0.2) is 9.97 Å².